The van der Waals surface area contributed by atoms with E-state index in [4.69, 9.17) is 10.7 Å². The number of benzene rings is 2. The number of thioether (sulfide) groups is 1. The smallest absolute Gasteiger partial charge is 0.315 e. The van der Waals surface area contributed by atoms with E-state index in [1.807, 2.05) is 36.9 Å². The number of hydrogen-bond acceptors (Lipinski definition) is 6. The van der Waals surface area contributed by atoms with E-state index in [-0.39, 0.29) is 24.0 Å². The van der Waals surface area contributed by atoms with Crippen LogP contribution in [0.25, 0.3) is 21.9 Å². The van der Waals surface area contributed by atoms with Gasteiger partial charge in [0.15, 0.2) is 5.82 Å². The molecule has 3 atom stereocenters. The number of hydrogen-bond donors (Lipinski definition) is 4. The number of aryl methyl sites for hydroxylation is 1. The van der Waals surface area contributed by atoms with Gasteiger partial charge < -0.3 is 26.3 Å². The van der Waals surface area contributed by atoms with Gasteiger partial charge in [-0.3, -0.25) is 4.79 Å². The van der Waals surface area contributed by atoms with Crippen LogP contribution in [-0.4, -0.2) is 49.6 Å². The van der Waals surface area contributed by atoms with Crippen LogP contribution in [0, 0.1) is 6.92 Å². The molecule has 39 heavy (non-hydrogen) atoms. The molecule has 2 aliphatic rings. The predicted molar refractivity (Wildman–Crippen MR) is 156 cm³/mol. The highest BCUT2D eigenvalue weighted by atomic mass is 32.2. The summed E-state index contributed by atoms with van der Waals surface area (Å²) < 4.78 is 2.19. The number of nitrogens with two attached hydrogens (primary N) is 1. The largest absolute Gasteiger partial charge is 0.382 e. The Labute approximate surface area is 231 Å². The monoisotopic (exact) mass is 543 g/mol. The number of unbranched alkanes of at least 4 members (excludes halogenated alkanes) is 1. The summed E-state index contributed by atoms with van der Waals surface area (Å²) in [7, 11) is 0. The molecular weight excluding hydrogens is 510 g/mol. The van der Waals surface area contributed by atoms with E-state index >= 15 is 0 Å². The van der Waals surface area contributed by atoms with Gasteiger partial charge in [0.05, 0.1) is 23.1 Å². The molecule has 3 amide bonds. The van der Waals surface area contributed by atoms with Crippen LogP contribution in [0.2, 0.25) is 0 Å². The summed E-state index contributed by atoms with van der Waals surface area (Å²) in [4.78, 5) is 33.1. The molecule has 4 heterocycles. The van der Waals surface area contributed by atoms with Gasteiger partial charge in [-0.25, -0.2) is 14.8 Å². The molecule has 0 radical (unpaired) electrons. The Morgan fingerprint density at radius 3 is 2.74 bits per heavy atom. The number of nitrogens with one attached hydrogen (secondary N) is 3. The first-order chi connectivity index (χ1) is 19.0. The Morgan fingerprint density at radius 2 is 1.90 bits per heavy atom. The standard InChI is InChI=1S/C29H33N7O2S/c1-17-32-26-27(20-6-2-3-7-21(20)33-28(26)30)36(17)15-19-12-10-18(11-13-19)14-31-24(37)9-5-4-8-23-25-22(16-39-23)34-29(38)35-25/h2-3,6-7,10-13,22-23,25H,4-5,8-9,14-16H2,1H3,(H2,30,33)(H,31,37)(H2,34,35,38)/t22-,23-,25-/m1/s1. The molecule has 2 aromatic heterocycles. The first-order valence-corrected chi connectivity index (χ1v) is 14.6. The van der Waals surface area contributed by atoms with Crippen LogP contribution in [0.5, 0.6) is 0 Å². The molecule has 4 aromatic rings. The number of para-hydroxylation sites is 1. The van der Waals surface area contributed by atoms with Gasteiger partial charge in [0.25, 0.3) is 0 Å². The second-order valence-corrected chi connectivity index (χ2v) is 11.7. The number of amides is 3. The lowest BCUT2D eigenvalue weighted by molar-refractivity contribution is -0.121. The van der Waals surface area contributed by atoms with E-state index in [1.54, 1.807) is 0 Å². The highest BCUT2D eigenvalue weighted by Gasteiger charge is 2.42. The van der Waals surface area contributed by atoms with Crippen molar-refractivity contribution in [2.75, 3.05) is 11.5 Å². The van der Waals surface area contributed by atoms with Gasteiger partial charge in [-0.1, -0.05) is 48.9 Å². The number of anilines is 1. The van der Waals surface area contributed by atoms with Gasteiger partial charge in [0.2, 0.25) is 5.91 Å². The molecule has 0 spiro atoms. The molecule has 0 bridgehead atoms. The third-order valence-electron chi connectivity index (χ3n) is 7.74. The lowest BCUT2D eigenvalue weighted by atomic mass is 10.0. The zero-order valence-corrected chi connectivity index (χ0v) is 22.8. The lowest BCUT2D eigenvalue weighted by Gasteiger charge is -2.16. The Balaban J connectivity index is 1.01. The van der Waals surface area contributed by atoms with Gasteiger partial charge in [-0.05, 0) is 37.0 Å². The topological polar surface area (TPSA) is 127 Å². The number of nitrogen functional groups attached to an aromatic ring is 1. The average molecular weight is 544 g/mol. The zero-order chi connectivity index (χ0) is 26.9. The number of rotatable bonds is 9. The minimum Gasteiger partial charge on any atom is -0.382 e. The van der Waals surface area contributed by atoms with Crippen LogP contribution in [0.1, 0.15) is 42.6 Å². The van der Waals surface area contributed by atoms with Gasteiger partial charge in [0, 0.05) is 35.9 Å². The quantitative estimate of drug-likeness (QED) is 0.188. The fraction of sp³-hybridized carbons (Fsp3) is 0.379. The summed E-state index contributed by atoms with van der Waals surface area (Å²) in [6.45, 7) is 3.17. The number of urea groups is 1. The maximum atomic E-state index is 12.4. The Hall–Kier alpha value is -3.79. The maximum absolute atomic E-state index is 12.4. The second kappa shape index (κ2) is 10.8. The van der Waals surface area contributed by atoms with Crippen molar-refractivity contribution in [3.05, 3.63) is 65.5 Å². The Morgan fingerprint density at radius 1 is 1.10 bits per heavy atom. The van der Waals surface area contributed by atoms with Crippen molar-refractivity contribution in [1.82, 2.24) is 30.5 Å². The fourth-order valence-electron chi connectivity index (χ4n) is 5.67. The summed E-state index contributed by atoms with van der Waals surface area (Å²) in [5, 5.41) is 10.5. The van der Waals surface area contributed by atoms with Crippen LogP contribution in [0.4, 0.5) is 10.6 Å². The minimum atomic E-state index is -0.0515. The van der Waals surface area contributed by atoms with Crippen LogP contribution >= 0.6 is 11.8 Å². The van der Waals surface area contributed by atoms with Gasteiger partial charge in [0.1, 0.15) is 11.3 Å². The van der Waals surface area contributed by atoms with E-state index in [0.717, 1.165) is 63.9 Å². The first-order valence-electron chi connectivity index (χ1n) is 13.5. The number of carbonyl (C=O) groups excluding carboxylic acids is 2. The third-order valence-corrected chi connectivity index (χ3v) is 9.24. The molecule has 2 aliphatic heterocycles. The predicted octanol–water partition coefficient (Wildman–Crippen LogP) is 3.87. The molecule has 2 aromatic carbocycles. The minimum absolute atomic E-state index is 0.0515. The molecule has 0 aliphatic carbocycles. The van der Waals surface area contributed by atoms with Crippen molar-refractivity contribution in [3.63, 3.8) is 0 Å². The number of pyridine rings is 1. The van der Waals surface area contributed by atoms with Crippen molar-refractivity contribution >= 4 is 51.5 Å². The summed E-state index contributed by atoms with van der Waals surface area (Å²) in [5.74, 6) is 2.38. The summed E-state index contributed by atoms with van der Waals surface area (Å²) >= 11 is 1.92. The number of carbonyl (C=O) groups is 2. The SMILES string of the molecule is Cc1nc2c(N)nc3ccccc3c2n1Cc1ccc(CNC(=O)CCCC[C@H]2SC[C@H]3NC(=O)N[C@H]32)cc1. The van der Waals surface area contributed by atoms with Crippen LogP contribution < -0.4 is 21.7 Å². The van der Waals surface area contributed by atoms with Crippen molar-refractivity contribution in [2.45, 2.75) is 63.0 Å². The molecule has 202 valence electrons. The summed E-state index contributed by atoms with van der Waals surface area (Å²) in [6, 6.07) is 16.8. The van der Waals surface area contributed by atoms with Crippen molar-refractivity contribution < 1.29 is 9.59 Å². The molecule has 10 heteroatoms. The molecule has 0 saturated carbocycles. The molecule has 6 rings (SSSR count). The summed E-state index contributed by atoms with van der Waals surface area (Å²) in [5.41, 5.74) is 11.0. The lowest BCUT2D eigenvalue weighted by Crippen LogP contribution is -2.36. The van der Waals surface area contributed by atoms with Crippen molar-refractivity contribution in [3.8, 4) is 0 Å². The molecule has 2 fully saturated rings. The number of aromatic nitrogens is 3. The van der Waals surface area contributed by atoms with Crippen LogP contribution in [-0.2, 0) is 17.9 Å². The van der Waals surface area contributed by atoms with E-state index < -0.39 is 0 Å². The van der Waals surface area contributed by atoms with E-state index in [0.29, 0.717) is 30.6 Å². The second-order valence-electron chi connectivity index (χ2n) is 10.4. The van der Waals surface area contributed by atoms with Crippen molar-refractivity contribution in [2.24, 2.45) is 0 Å². The molecular formula is C29H33N7O2S. The van der Waals surface area contributed by atoms with Gasteiger partial charge in [-0.15, -0.1) is 0 Å². The third kappa shape index (κ3) is 5.25. The van der Waals surface area contributed by atoms with Gasteiger partial charge >= 0.3 is 6.03 Å². The average Bonchev–Trinajstić information content (AvgIpc) is 3.59. The first kappa shape index (κ1) is 25.5. The number of nitrogens with zero attached hydrogens (tertiary/aromatic N) is 3. The highest BCUT2D eigenvalue weighted by Crippen LogP contribution is 2.33. The maximum Gasteiger partial charge on any atom is 0.315 e. The van der Waals surface area contributed by atoms with Crippen LogP contribution in [0.15, 0.2) is 48.5 Å². The van der Waals surface area contributed by atoms with Crippen LogP contribution in [0.3, 0.4) is 0 Å². The normalized spacial score (nSPS) is 20.2. The highest BCUT2D eigenvalue weighted by molar-refractivity contribution is 8.00. The Kier molecular flexibility index (Phi) is 7.03. The Bertz CT molecular complexity index is 1530. The van der Waals surface area contributed by atoms with Gasteiger partial charge in [-0.2, -0.15) is 11.8 Å². The molecule has 5 N–H and O–H groups in total. The summed E-state index contributed by atoms with van der Waals surface area (Å²) in [6.07, 6.45) is 3.38. The van der Waals surface area contributed by atoms with E-state index in [2.05, 4.69) is 55.8 Å². The zero-order valence-electron chi connectivity index (χ0n) is 21.9. The van der Waals surface area contributed by atoms with E-state index in [1.165, 1.54) is 0 Å². The molecule has 2 saturated heterocycles. The van der Waals surface area contributed by atoms with Crippen molar-refractivity contribution in [1.29, 1.82) is 0 Å². The number of imidazole rings is 1. The fourth-order valence-corrected chi connectivity index (χ4v) is 7.22. The molecule has 0 unspecified atom stereocenters. The molecule has 9 nitrogen and oxygen atoms in total. The number of fused-ring (bicyclic) bond motifs is 4. The van der Waals surface area contributed by atoms with E-state index in [9.17, 15) is 9.59 Å².